The van der Waals surface area contributed by atoms with Gasteiger partial charge in [-0.25, -0.2) is 4.98 Å². The smallest absolute Gasteiger partial charge is 0.103 e. The number of aryl methyl sites for hydroxylation is 1. The standard InChI is InChI=1S/C11H19N3O/c1-9-12-6-10(14-9)7-13-11(2)4-3-5-15-8-11/h6,13H,3-5,7-8H2,1-2H3,(H,12,14). The van der Waals surface area contributed by atoms with Crippen molar-refractivity contribution in [1.82, 2.24) is 15.3 Å². The molecule has 1 saturated heterocycles. The molecule has 0 radical (unpaired) electrons. The average molecular weight is 209 g/mol. The maximum atomic E-state index is 5.49. The first-order chi connectivity index (χ1) is 7.18. The third-order valence-corrected chi connectivity index (χ3v) is 2.90. The fourth-order valence-electron chi connectivity index (χ4n) is 1.94. The van der Waals surface area contributed by atoms with Crippen LogP contribution in [0.15, 0.2) is 6.20 Å². The highest BCUT2D eigenvalue weighted by atomic mass is 16.5. The zero-order valence-electron chi connectivity index (χ0n) is 9.47. The normalized spacial score (nSPS) is 26.8. The number of hydrogen-bond acceptors (Lipinski definition) is 3. The number of H-pyrrole nitrogens is 1. The van der Waals surface area contributed by atoms with Crippen molar-refractivity contribution in [3.05, 3.63) is 17.7 Å². The summed E-state index contributed by atoms with van der Waals surface area (Å²) in [5.74, 6) is 0.969. The van der Waals surface area contributed by atoms with E-state index in [1.165, 1.54) is 6.42 Å². The second-order valence-corrected chi connectivity index (χ2v) is 4.56. The average Bonchev–Trinajstić information content (AvgIpc) is 2.63. The highest BCUT2D eigenvalue weighted by Gasteiger charge is 2.26. The Kier molecular flexibility index (Phi) is 3.07. The van der Waals surface area contributed by atoms with E-state index in [4.69, 9.17) is 4.74 Å². The molecule has 1 atom stereocenters. The molecule has 4 nitrogen and oxygen atoms in total. The van der Waals surface area contributed by atoms with Gasteiger partial charge < -0.3 is 15.0 Å². The first-order valence-corrected chi connectivity index (χ1v) is 5.51. The van der Waals surface area contributed by atoms with Crippen LogP contribution >= 0.6 is 0 Å². The van der Waals surface area contributed by atoms with Crippen LogP contribution in [0, 0.1) is 6.92 Å². The van der Waals surface area contributed by atoms with Gasteiger partial charge in [0.2, 0.25) is 0 Å². The van der Waals surface area contributed by atoms with E-state index >= 15 is 0 Å². The van der Waals surface area contributed by atoms with Crippen LogP contribution in [0.1, 0.15) is 31.3 Å². The van der Waals surface area contributed by atoms with Gasteiger partial charge in [0.15, 0.2) is 0 Å². The second-order valence-electron chi connectivity index (χ2n) is 4.56. The van der Waals surface area contributed by atoms with Gasteiger partial charge in [-0.3, -0.25) is 0 Å². The van der Waals surface area contributed by atoms with Crippen molar-refractivity contribution in [3.63, 3.8) is 0 Å². The predicted molar refractivity (Wildman–Crippen MR) is 58.6 cm³/mol. The highest BCUT2D eigenvalue weighted by Crippen LogP contribution is 2.18. The van der Waals surface area contributed by atoms with Crippen molar-refractivity contribution >= 4 is 0 Å². The maximum absolute atomic E-state index is 5.49. The number of aromatic nitrogens is 2. The molecule has 0 aromatic carbocycles. The Morgan fingerprint density at radius 1 is 1.67 bits per heavy atom. The topological polar surface area (TPSA) is 49.9 Å². The van der Waals surface area contributed by atoms with Crippen LogP contribution in [-0.2, 0) is 11.3 Å². The van der Waals surface area contributed by atoms with Gasteiger partial charge in [0.25, 0.3) is 0 Å². The summed E-state index contributed by atoms with van der Waals surface area (Å²) in [6, 6.07) is 0. The lowest BCUT2D eigenvalue weighted by molar-refractivity contribution is 0.0276. The van der Waals surface area contributed by atoms with Crippen LogP contribution in [0.5, 0.6) is 0 Å². The summed E-state index contributed by atoms with van der Waals surface area (Å²) in [7, 11) is 0. The molecule has 2 heterocycles. The van der Waals surface area contributed by atoms with Gasteiger partial charge in [0, 0.05) is 30.6 Å². The monoisotopic (exact) mass is 209 g/mol. The van der Waals surface area contributed by atoms with Gasteiger partial charge in [0.1, 0.15) is 5.82 Å². The van der Waals surface area contributed by atoms with Crippen LogP contribution in [0.2, 0.25) is 0 Å². The van der Waals surface area contributed by atoms with Crippen molar-refractivity contribution < 1.29 is 4.74 Å². The molecule has 2 rings (SSSR count). The van der Waals surface area contributed by atoms with Crippen LogP contribution < -0.4 is 5.32 Å². The van der Waals surface area contributed by atoms with E-state index in [9.17, 15) is 0 Å². The number of ether oxygens (including phenoxy) is 1. The lowest BCUT2D eigenvalue weighted by Crippen LogP contribution is -2.48. The molecule has 1 aromatic heterocycles. The minimum atomic E-state index is 0.122. The number of hydrogen-bond donors (Lipinski definition) is 2. The number of nitrogens with one attached hydrogen (secondary N) is 2. The molecule has 1 unspecified atom stereocenters. The number of rotatable bonds is 3. The minimum Gasteiger partial charge on any atom is -0.380 e. The quantitative estimate of drug-likeness (QED) is 0.790. The summed E-state index contributed by atoms with van der Waals surface area (Å²) >= 11 is 0. The van der Waals surface area contributed by atoms with Crippen molar-refractivity contribution in [1.29, 1.82) is 0 Å². The lowest BCUT2D eigenvalue weighted by atomic mass is 9.95. The van der Waals surface area contributed by atoms with Gasteiger partial charge in [0.05, 0.1) is 6.61 Å². The summed E-state index contributed by atoms with van der Waals surface area (Å²) in [5, 5.41) is 3.53. The largest absolute Gasteiger partial charge is 0.380 e. The van der Waals surface area contributed by atoms with Gasteiger partial charge >= 0.3 is 0 Å². The molecule has 0 bridgehead atoms. The minimum absolute atomic E-state index is 0.122. The Balaban J connectivity index is 1.86. The van der Waals surface area contributed by atoms with Gasteiger partial charge in [-0.1, -0.05) is 0 Å². The Morgan fingerprint density at radius 3 is 3.13 bits per heavy atom. The SMILES string of the molecule is Cc1ncc(CNC2(C)CCCOC2)[nH]1. The Hall–Kier alpha value is -0.870. The van der Waals surface area contributed by atoms with Crippen molar-refractivity contribution in [3.8, 4) is 0 Å². The molecule has 1 aliphatic rings. The van der Waals surface area contributed by atoms with Crippen LogP contribution in [-0.4, -0.2) is 28.7 Å². The van der Waals surface area contributed by atoms with Gasteiger partial charge in [-0.15, -0.1) is 0 Å². The Morgan fingerprint density at radius 2 is 2.53 bits per heavy atom. The Labute approximate surface area is 90.4 Å². The van der Waals surface area contributed by atoms with E-state index in [2.05, 4.69) is 22.2 Å². The van der Waals surface area contributed by atoms with Crippen LogP contribution in [0.4, 0.5) is 0 Å². The van der Waals surface area contributed by atoms with E-state index in [-0.39, 0.29) is 5.54 Å². The van der Waals surface area contributed by atoms with Crippen LogP contribution in [0.3, 0.4) is 0 Å². The molecular weight excluding hydrogens is 190 g/mol. The van der Waals surface area contributed by atoms with Gasteiger partial charge in [-0.2, -0.15) is 0 Å². The van der Waals surface area contributed by atoms with Crippen molar-refractivity contribution in [2.75, 3.05) is 13.2 Å². The fraction of sp³-hybridized carbons (Fsp3) is 0.727. The van der Waals surface area contributed by atoms with Crippen LogP contribution in [0.25, 0.3) is 0 Å². The van der Waals surface area contributed by atoms with E-state index in [1.54, 1.807) is 0 Å². The van der Waals surface area contributed by atoms with Crippen molar-refractivity contribution in [2.24, 2.45) is 0 Å². The maximum Gasteiger partial charge on any atom is 0.103 e. The van der Waals surface area contributed by atoms with E-state index in [1.807, 2.05) is 13.1 Å². The first kappa shape index (κ1) is 10.6. The molecule has 1 aromatic rings. The van der Waals surface area contributed by atoms with E-state index < -0.39 is 0 Å². The molecule has 0 aliphatic carbocycles. The molecule has 1 fully saturated rings. The molecule has 15 heavy (non-hydrogen) atoms. The zero-order chi connectivity index (χ0) is 10.7. The molecule has 1 aliphatic heterocycles. The molecule has 4 heteroatoms. The summed E-state index contributed by atoms with van der Waals surface area (Å²) in [6.07, 6.45) is 4.21. The van der Waals surface area contributed by atoms with Gasteiger partial charge in [-0.05, 0) is 26.7 Å². The molecule has 0 saturated carbocycles. The lowest BCUT2D eigenvalue weighted by Gasteiger charge is -2.34. The Bertz CT molecular complexity index is 315. The second kappa shape index (κ2) is 4.33. The number of aromatic amines is 1. The predicted octanol–water partition coefficient (Wildman–Crippen LogP) is 1.38. The zero-order valence-corrected chi connectivity index (χ0v) is 9.47. The highest BCUT2D eigenvalue weighted by molar-refractivity contribution is 5.00. The number of imidazole rings is 1. The van der Waals surface area contributed by atoms with Crippen molar-refractivity contribution in [2.45, 2.75) is 38.8 Å². The summed E-state index contributed by atoms with van der Waals surface area (Å²) in [5.41, 5.74) is 1.26. The molecule has 0 spiro atoms. The van der Waals surface area contributed by atoms with E-state index in [0.717, 1.165) is 37.7 Å². The molecule has 2 N–H and O–H groups in total. The van der Waals surface area contributed by atoms with E-state index in [0.29, 0.717) is 0 Å². The third-order valence-electron chi connectivity index (χ3n) is 2.90. The molecule has 0 amide bonds. The fourth-order valence-corrected chi connectivity index (χ4v) is 1.94. The number of nitrogens with zero attached hydrogens (tertiary/aromatic N) is 1. The molecular formula is C11H19N3O. The third kappa shape index (κ3) is 2.79. The first-order valence-electron chi connectivity index (χ1n) is 5.51. The summed E-state index contributed by atoms with van der Waals surface area (Å²) in [6.45, 7) is 6.73. The summed E-state index contributed by atoms with van der Waals surface area (Å²) < 4.78 is 5.49. The summed E-state index contributed by atoms with van der Waals surface area (Å²) in [4.78, 5) is 7.39. The molecule has 84 valence electrons.